The van der Waals surface area contributed by atoms with E-state index in [1.165, 1.54) is 18.5 Å². The summed E-state index contributed by atoms with van der Waals surface area (Å²) < 4.78 is 36.6. The molecule has 180 valence electrons. The summed E-state index contributed by atoms with van der Waals surface area (Å²) >= 11 is 0. The molecule has 2 aromatic carbocycles. The highest BCUT2D eigenvalue weighted by atomic mass is 32.2. The number of halogens is 1. The Morgan fingerprint density at radius 3 is 2.59 bits per heavy atom. The van der Waals surface area contributed by atoms with Crippen molar-refractivity contribution in [3.05, 3.63) is 48.0 Å². The van der Waals surface area contributed by atoms with Crippen molar-refractivity contribution < 1.29 is 18.1 Å². The van der Waals surface area contributed by atoms with Gasteiger partial charge in [0.1, 0.15) is 23.7 Å². The van der Waals surface area contributed by atoms with Crippen molar-refractivity contribution in [2.45, 2.75) is 38.7 Å². The maximum absolute atomic E-state index is 14.1. The normalized spacial score (nSPS) is 18.5. The Hall–Kier alpha value is -3.27. The van der Waals surface area contributed by atoms with Crippen LogP contribution in [-0.2, 0) is 14.5 Å². The number of aryl methyl sites for hydroxylation is 1. The first-order chi connectivity index (χ1) is 16.1. The monoisotopic (exact) mass is 485 g/mol. The highest BCUT2D eigenvalue weighted by Crippen LogP contribution is 2.36. The van der Waals surface area contributed by atoms with Crippen molar-refractivity contribution in [1.82, 2.24) is 9.97 Å². The Morgan fingerprint density at radius 1 is 1.18 bits per heavy atom. The second kappa shape index (κ2) is 9.54. The number of benzene rings is 2. The molecule has 3 aromatic rings. The van der Waals surface area contributed by atoms with Gasteiger partial charge in [-0.15, -0.1) is 0 Å². The molecular weight excluding hydrogens is 457 g/mol. The Bertz CT molecular complexity index is 1350. The molecule has 0 spiro atoms. The number of hydrogen-bond donors (Lipinski definition) is 2. The molecule has 10 heteroatoms. The average Bonchev–Trinajstić information content (AvgIpc) is 2.74. The van der Waals surface area contributed by atoms with E-state index in [2.05, 4.69) is 19.6 Å². The minimum absolute atomic E-state index is 0.134. The van der Waals surface area contributed by atoms with Gasteiger partial charge in [0.15, 0.2) is 0 Å². The molecule has 1 amide bonds. The molecule has 0 bridgehead atoms. The van der Waals surface area contributed by atoms with Crippen LogP contribution in [0.5, 0.6) is 5.75 Å². The average molecular weight is 486 g/mol. The maximum Gasteiger partial charge on any atom is 0.220 e. The van der Waals surface area contributed by atoms with E-state index >= 15 is 0 Å². The van der Waals surface area contributed by atoms with Crippen LogP contribution < -0.4 is 15.8 Å². The molecular formula is C24H28FN5O3S. The Balaban J connectivity index is 1.64. The van der Waals surface area contributed by atoms with Gasteiger partial charge in [-0.2, -0.15) is 4.36 Å². The number of primary amides is 1. The molecule has 34 heavy (non-hydrogen) atoms. The molecule has 1 aliphatic carbocycles. The van der Waals surface area contributed by atoms with E-state index in [1.807, 2.05) is 13.0 Å². The van der Waals surface area contributed by atoms with Crippen LogP contribution in [0.3, 0.4) is 0 Å². The van der Waals surface area contributed by atoms with E-state index < -0.39 is 15.5 Å². The highest BCUT2D eigenvalue weighted by molar-refractivity contribution is 7.92. The molecule has 8 nitrogen and oxygen atoms in total. The van der Waals surface area contributed by atoms with Gasteiger partial charge in [0.05, 0.1) is 23.0 Å². The van der Waals surface area contributed by atoms with Crippen LogP contribution in [0.4, 0.5) is 21.6 Å². The number of rotatable bonds is 6. The first kappa shape index (κ1) is 23.9. The summed E-state index contributed by atoms with van der Waals surface area (Å²) in [5.74, 6) is 0.0792. The summed E-state index contributed by atoms with van der Waals surface area (Å²) in [7, 11) is -2.32. The lowest BCUT2D eigenvalue weighted by Gasteiger charge is -2.28. The van der Waals surface area contributed by atoms with Crippen molar-refractivity contribution in [3.8, 4) is 5.75 Å². The number of hydrogen-bond acceptors (Lipinski definition) is 7. The predicted molar refractivity (Wildman–Crippen MR) is 132 cm³/mol. The summed E-state index contributed by atoms with van der Waals surface area (Å²) in [6, 6.07) is 7.90. The van der Waals surface area contributed by atoms with E-state index in [-0.39, 0.29) is 17.9 Å². The number of anilines is 2. The quantitative estimate of drug-likeness (QED) is 0.526. The number of nitrogens with two attached hydrogens (primary N) is 1. The third-order valence-corrected chi connectivity index (χ3v) is 6.46. The first-order valence-electron chi connectivity index (χ1n) is 11.0. The van der Waals surface area contributed by atoms with Gasteiger partial charge in [0.25, 0.3) is 0 Å². The van der Waals surface area contributed by atoms with Gasteiger partial charge in [0, 0.05) is 39.6 Å². The number of carbonyl (C=O) groups excluding carboxylic acids is 1. The van der Waals surface area contributed by atoms with Crippen LogP contribution in [0.2, 0.25) is 0 Å². The molecule has 0 atom stereocenters. The molecule has 1 fully saturated rings. The lowest BCUT2D eigenvalue weighted by molar-refractivity contribution is -0.123. The molecule has 0 unspecified atom stereocenters. The van der Waals surface area contributed by atoms with Crippen LogP contribution >= 0.6 is 0 Å². The standard InChI is InChI=1S/C24H28FN5O3S/c1-14-10-17(30-34(2,3)32)12-20-22(14)24(28-13-27-20)29-19-9-6-16(25)11-21(19)33-18-7-4-15(5-8-18)23(26)31/h6,9-13,15,18H,4-5,7-8H2,1-3H3,(H2,26,31)(H,27,28,29)/t15-,18+. The summed E-state index contributed by atoms with van der Waals surface area (Å²) in [5.41, 5.74) is 8.08. The summed E-state index contributed by atoms with van der Waals surface area (Å²) in [5, 5.41) is 4.04. The van der Waals surface area contributed by atoms with Gasteiger partial charge >= 0.3 is 0 Å². The van der Waals surface area contributed by atoms with Gasteiger partial charge in [0.2, 0.25) is 5.91 Å². The van der Waals surface area contributed by atoms with Crippen LogP contribution in [-0.4, -0.2) is 38.7 Å². The van der Waals surface area contributed by atoms with Crippen LogP contribution in [0, 0.1) is 18.7 Å². The van der Waals surface area contributed by atoms with Crippen molar-refractivity contribution in [3.63, 3.8) is 0 Å². The Labute approximate surface area is 198 Å². The third-order valence-electron chi connectivity index (χ3n) is 5.81. The second-order valence-corrected chi connectivity index (χ2v) is 11.5. The van der Waals surface area contributed by atoms with Crippen LogP contribution in [0.1, 0.15) is 31.2 Å². The van der Waals surface area contributed by atoms with Gasteiger partial charge < -0.3 is 15.8 Å². The van der Waals surface area contributed by atoms with Crippen LogP contribution in [0.15, 0.2) is 41.0 Å². The fourth-order valence-corrected chi connectivity index (χ4v) is 4.86. The smallest absolute Gasteiger partial charge is 0.220 e. The topological polar surface area (TPSA) is 120 Å². The fraction of sp³-hybridized carbons (Fsp3) is 0.375. The number of aromatic nitrogens is 2. The molecule has 4 rings (SSSR count). The van der Waals surface area contributed by atoms with Gasteiger partial charge in [-0.3, -0.25) is 4.79 Å². The summed E-state index contributed by atoms with van der Waals surface area (Å²) in [4.78, 5) is 20.2. The van der Waals surface area contributed by atoms with E-state index in [9.17, 15) is 13.4 Å². The van der Waals surface area contributed by atoms with Crippen molar-refractivity contribution in [2.75, 3.05) is 17.8 Å². The number of fused-ring (bicyclic) bond motifs is 1. The molecule has 1 aliphatic rings. The van der Waals surface area contributed by atoms with Crippen molar-refractivity contribution in [2.24, 2.45) is 16.0 Å². The number of carbonyl (C=O) groups is 1. The maximum atomic E-state index is 14.1. The fourth-order valence-electron chi connectivity index (χ4n) is 4.24. The summed E-state index contributed by atoms with van der Waals surface area (Å²) in [6.07, 6.45) is 7.10. The molecule has 3 N–H and O–H groups in total. The number of ether oxygens (including phenoxy) is 1. The zero-order chi connectivity index (χ0) is 24.5. The predicted octanol–water partition coefficient (Wildman–Crippen LogP) is 4.60. The zero-order valence-electron chi connectivity index (χ0n) is 19.4. The van der Waals surface area contributed by atoms with Gasteiger partial charge in [-0.1, -0.05) is 0 Å². The molecule has 1 heterocycles. The lowest BCUT2D eigenvalue weighted by atomic mass is 9.87. The molecule has 0 aliphatic heterocycles. The third kappa shape index (κ3) is 5.61. The van der Waals surface area contributed by atoms with Crippen molar-refractivity contribution >= 4 is 43.7 Å². The number of nitrogens with zero attached hydrogens (tertiary/aromatic N) is 3. The number of amides is 1. The molecule has 0 radical (unpaired) electrons. The van der Waals surface area contributed by atoms with Crippen LogP contribution in [0.25, 0.3) is 10.9 Å². The van der Waals surface area contributed by atoms with E-state index in [4.69, 9.17) is 10.5 Å². The van der Waals surface area contributed by atoms with E-state index in [0.29, 0.717) is 54.1 Å². The Morgan fingerprint density at radius 2 is 1.91 bits per heavy atom. The minimum atomic E-state index is -2.32. The molecule has 1 aromatic heterocycles. The first-order valence-corrected chi connectivity index (χ1v) is 13.4. The minimum Gasteiger partial charge on any atom is -0.488 e. The lowest BCUT2D eigenvalue weighted by Crippen LogP contribution is -2.31. The SMILES string of the molecule is Cc1cc(N=S(C)(C)=O)cc2ncnc(Nc3ccc(F)cc3O[C@H]3CC[C@@H](C(N)=O)CC3)c12. The number of nitrogens with one attached hydrogen (secondary N) is 1. The van der Waals surface area contributed by atoms with Crippen molar-refractivity contribution in [1.29, 1.82) is 0 Å². The molecule has 0 saturated heterocycles. The van der Waals surface area contributed by atoms with E-state index in [0.717, 1.165) is 10.9 Å². The highest BCUT2D eigenvalue weighted by Gasteiger charge is 2.26. The zero-order valence-corrected chi connectivity index (χ0v) is 20.2. The summed E-state index contributed by atoms with van der Waals surface area (Å²) in [6.45, 7) is 1.91. The van der Waals surface area contributed by atoms with Gasteiger partial charge in [-0.05, 0) is 62.4 Å². The van der Waals surface area contributed by atoms with E-state index in [1.54, 1.807) is 24.6 Å². The second-order valence-electron chi connectivity index (χ2n) is 8.91. The molecule has 1 saturated carbocycles. The van der Waals surface area contributed by atoms with Gasteiger partial charge in [-0.25, -0.2) is 18.6 Å². The largest absolute Gasteiger partial charge is 0.488 e. The Kier molecular flexibility index (Phi) is 6.70.